The lowest BCUT2D eigenvalue weighted by atomic mass is 9.91. The Balaban J connectivity index is 0.000000134. The Morgan fingerprint density at radius 2 is 0.409 bits per heavy atom. The Hall–Kier alpha value is -14.3. The highest BCUT2D eigenvalue weighted by atomic mass is 15.0. The zero-order valence-electron chi connectivity index (χ0n) is 60.6. The lowest BCUT2D eigenvalue weighted by Gasteiger charge is -2.13. The Kier molecular flexibility index (Phi) is 13.6. The summed E-state index contributed by atoms with van der Waals surface area (Å²) in [6, 6.07) is 139. The van der Waals surface area contributed by atoms with Crippen molar-refractivity contribution in [1.29, 1.82) is 0 Å². The van der Waals surface area contributed by atoms with E-state index in [1.807, 2.05) is 0 Å². The molecule has 4 nitrogen and oxygen atoms in total. The molecule has 512 valence electrons. The highest BCUT2D eigenvalue weighted by Crippen LogP contribution is 2.47. The maximum absolute atomic E-state index is 2.43. The molecule has 0 radical (unpaired) electrons. The van der Waals surface area contributed by atoms with E-state index in [1.165, 1.54) is 218 Å². The van der Waals surface area contributed by atoms with Crippen LogP contribution in [0.5, 0.6) is 0 Å². The average molecular weight is 1400 g/mol. The molecule has 0 spiro atoms. The summed E-state index contributed by atoms with van der Waals surface area (Å²) in [5, 5.41) is 30.7. The number of aromatic nitrogens is 4. The monoisotopic (exact) mass is 1400 g/mol. The van der Waals surface area contributed by atoms with Crippen LogP contribution >= 0.6 is 0 Å². The third kappa shape index (κ3) is 9.33. The fourth-order valence-electron chi connectivity index (χ4n) is 19.0. The minimum atomic E-state index is 1.16. The maximum atomic E-state index is 2.43. The van der Waals surface area contributed by atoms with Gasteiger partial charge in [0.2, 0.25) is 0 Å². The molecule has 0 aliphatic heterocycles. The topological polar surface area (TPSA) is 19.7 Å². The molecule has 24 rings (SSSR count). The standard InChI is InChI=1S/C58H36N2.C48H32N2/c1-3-17-43(18-4-1)59-53-31-27-37-13-7-9-21-47(37)57(53)49-29-25-41(35-55(49)59)45-23-11-15-39-34-52-40(33-51(39)45)16-12-24-46(52)42-26-30-50-56(36-42)60(44-19-5-2-6-20-44)54-32-28-38-14-8-10-22-48(38)58(50)54;1-49-43-23-19-29-9-3-5-13-37(29)47(43)39-21-17-33(27-45(39)49)35-15-7-11-31-26-42-32(25-41(31)35)12-8-16-36(42)34-18-22-40-46(28-34)50(2)44-24-20-30-10-4-6-14-38(30)48(40)44/h1-36H;3-28H,1-2H3. The van der Waals surface area contributed by atoms with Crippen LogP contribution in [0.25, 0.3) is 229 Å². The molecular weight excluding hydrogens is 1330 g/mol. The largest absolute Gasteiger partial charge is 0.344 e. The van der Waals surface area contributed by atoms with Crippen molar-refractivity contribution in [2.45, 2.75) is 0 Å². The molecule has 4 aromatic heterocycles. The van der Waals surface area contributed by atoms with Crippen molar-refractivity contribution in [3.63, 3.8) is 0 Å². The van der Waals surface area contributed by atoms with E-state index in [4.69, 9.17) is 0 Å². The van der Waals surface area contributed by atoms with Crippen LogP contribution in [0.15, 0.2) is 376 Å². The predicted octanol–water partition coefficient (Wildman–Crippen LogP) is 28.8. The van der Waals surface area contributed by atoms with E-state index in [0.29, 0.717) is 0 Å². The highest BCUT2D eigenvalue weighted by Gasteiger charge is 2.22. The Morgan fingerprint density at radius 1 is 0.155 bits per heavy atom. The first-order valence-electron chi connectivity index (χ1n) is 38.1. The third-order valence-corrected chi connectivity index (χ3v) is 24.1. The zero-order chi connectivity index (χ0) is 72.4. The van der Waals surface area contributed by atoms with Crippen LogP contribution in [0.3, 0.4) is 0 Å². The molecule has 0 fully saturated rings. The van der Waals surface area contributed by atoms with Crippen molar-refractivity contribution >= 4 is 173 Å². The summed E-state index contributed by atoms with van der Waals surface area (Å²) in [5.74, 6) is 0. The Morgan fingerprint density at radius 3 is 0.727 bits per heavy atom. The van der Waals surface area contributed by atoms with Crippen LogP contribution in [0.4, 0.5) is 0 Å². The normalized spacial score (nSPS) is 12.1. The van der Waals surface area contributed by atoms with E-state index in [9.17, 15) is 0 Å². The number of rotatable bonds is 6. The van der Waals surface area contributed by atoms with Gasteiger partial charge in [-0.25, -0.2) is 0 Å². The summed E-state index contributed by atoms with van der Waals surface area (Å²) in [6.45, 7) is 0. The average Bonchev–Trinajstić information content (AvgIpc) is 1.54. The van der Waals surface area contributed by atoms with Gasteiger partial charge in [-0.2, -0.15) is 0 Å². The Bertz CT molecular complexity index is 7570. The van der Waals surface area contributed by atoms with Crippen molar-refractivity contribution in [1.82, 2.24) is 18.3 Å². The second-order valence-electron chi connectivity index (χ2n) is 29.9. The summed E-state index contributed by atoms with van der Waals surface area (Å²) >= 11 is 0. The molecule has 0 bridgehead atoms. The van der Waals surface area contributed by atoms with Crippen LogP contribution in [-0.2, 0) is 14.1 Å². The van der Waals surface area contributed by atoms with Gasteiger partial charge < -0.3 is 18.3 Å². The number of para-hydroxylation sites is 2. The first-order valence-corrected chi connectivity index (χ1v) is 38.1. The molecule has 0 aliphatic rings. The molecule has 0 aliphatic carbocycles. The van der Waals surface area contributed by atoms with Gasteiger partial charge >= 0.3 is 0 Å². The van der Waals surface area contributed by atoms with Crippen LogP contribution in [-0.4, -0.2) is 18.3 Å². The van der Waals surface area contributed by atoms with Crippen molar-refractivity contribution in [2.75, 3.05) is 0 Å². The van der Waals surface area contributed by atoms with Crippen molar-refractivity contribution in [3.05, 3.63) is 376 Å². The number of nitrogens with zero attached hydrogens (tertiary/aromatic N) is 4. The van der Waals surface area contributed by atoms with Gasteiger partial charge in [0.15, 0.2) is 0 Å². The number of fused-ring (bicyclic) bond motifs is 24. The van der Waals surface area contributed by atoms with E-state index >= 15 is 0 Å². The zero-order valence-corrected chi connectivity index (χ0v) is 60.6. The van der Waals surface area contributed by atoms with Crippen LogP contribution in [0.2, 0.25) is 0 Å². The summed E-state index contributed by atoms with van der Waals surface area (Å²) in [5.41, 5.74) is 22.1. The van der Waals surface area contributed by atoms with E-state index in [2.05, 4.69) is 408 Å². The van der Waals surface area contributed by atoms with Crippen molar-refractivity contribution in [2.24, 2.45) is 14.1 Å². The molecule has 0 saturated heterocycles. The van der Waals surface area contributed by atoms with Gasteiger partial charge in [0.1, 0.15) is 0 Å². The Labute approximate surface area is 633 Å². The van der Waals surface area contributed by atoms with Gasteiger partial charge in [0.05, 0.1) is 22.1 Å². The molecule has 0 unspecified atom stereocenters. The number of hydrogen-bond donors (Lipinski definition) is 0. The van der Waals surface area contributed by atoms with Gasteiger partial charge in [-0.05, 0) is 228 Å². The number of hydrogen-bond acceptors (Lipinski definition) is 0. The smallest absolute Gasteiger partial charge is 0.0547 e. The first kappa shape index (κ1) is 61.9. The van der Waals surface area contributed by atoms with Crippen LogP contribution < -0.4 is 0 Å². The lowest BCUT2D eigenvalue weighted by molar-refractivity contribution is 1.01. The molecular formula is C106H68N4. The molecule has 0 amide bonds. The maximum Gasteiger partial charge on any atom is 0.0547 e. The highest BCUT2D eigenvalue weighted by molar-refractivity contribution is 6.26. The van der Waals surface area contributed by atoms with Gasteiger partial charge in [0.25, 0.3) is 0 Å². The fraction of sp³-hybridized carbons (Fsp3) is 0.0189. The van der Waals surface area contributed by atoms with Crippen LogP contribution in [0.1, 0.15) is 0 Å². The third-order valence-electron chi connectivity index (χ3n) is 24.1. The van der Waals surface area contributed by atoms with Gasteiger partial charge in [-0.15, -0.1) is 0 Å². The van der Waals surface area contributed by atoms with E-state index < -0.39 is 0 Å². The molecule has 0 N–H and O–H groups in total. The van der Waals surface area contributed by atoms with Crippen molar-refractivity contribution < 1.29 is 0 Å². The first-order chi connectivity index (χ1) is 54.4. The summed E-state index contributed by atoms with van der Waals surface area (Å²) in [7, 11) is 4.39. The molecule has 24 aromatic rings. The summed E-state index contributed by atoms with van der Waals surface area (Å²) in [6.07, 6.45) is 0. The van der Waals surface area contributed by atoms with E-state index in [-0.39, 0.29) is 0 Å². The number of aryl methyl sites for hydroxylation is 2. The predicted molar refractivity (Wildman–Crippen MR) is 471 cm³/mol. The second kappa shape index (κ2) is 24.1. The fourth-order valence-corrected chi connectivity index (χ4v) is 19.0. The van der Waals surface area contributed by atoms with Crippen LogP contribution in [0, 0.1) is 0 Å². The minimum Gasteiger partial charge on any atom is -0.344 e. The molecule has 0 atom stereocenters. The second-order valence-corrected chi connectivity index (χ2v) is 29.9. The van der Waals surface area contributed by atoms with E-state index in [0.717, 1.165) is 11.4 Å². The van der Waals surface area contributed by atoms with Gasteiger partial charge in [-0.1, -0.05) is 279 Å². The molecule has 20 aromatic carbocycles. The van der Waals surface area contributed by atoms with Gasteiger partial charge in [0, 0.05) is 90.6 Å². The molecule has 4 heteroatoms. The van der Waals surface area contributed by atoms with Crippen molar-refractivity contribution in [3.8, 4) is 55.9 Å². The SMILES string of the molecule is Cn1c2cc(-c3cccc4cc5c(-c6ccc7c8c9ccccc9ccc8n(C)c7c6)cccc5cc34)ccc2c2c3ccccc3ccc21.c1ccc(-n2c3cc(-c4cccc5cc6c(-c7ccc8c9c%10ccccc%10ccc9n(-c9ccccc9)c8c7)cccc6cc45)ccc3c3c4ccccc4ccc32)cc1. The lowest BCUT2D eigenvalue weighted by Crippen LogP contribution is -1.93. The number of benzene rings is 20. The quantitative estimate of drug-likeness (QED) is 0.148. The summed E-state index contributed by atoms with van der Waals surface area (Å²) < 4.78 is 9.57. The van der Waals surface area contributed by atoms with Gasteiger partial charge in [-0.3, -0.25) is 0 Å². The molecule has 4 heterocycles. The summed E-state index contributed by atoms with van der Waals surface area (Å²) in [4.78, 5) is 0. The molecule has 0 saturated carbocycles. The minimum absolute atomic E-state index is 1.16. The molecule has 110 heavy (non-hydrogen) atoms. The van der Waals surface area contributed by atoms with E-state index in [1.54, 1.807) is 0 Å².